The van der Waals surface area contributed by atoms with E-state index >= 15 is 0 Å². The van der Waals surface area contributed by atoms with Gasteiger partial charge in [0.15, 0.2) is 0 Å². The van der Waals surface area contributed by atoms with Crippen LogP contribution < -0.4 is 0 Å². The lowest BCUT2D eigenvalue weighted by atomic mass is 9.87. The van der Waals surface area contributed by atoms with Crippen molar-refractivity contribution in [1.82, 2.24) is 0 Å². The molecule has 0 aromatic heterocycles. The van der Waals surface area contributed by atoms with E-state index in [4.69, 9.17) is 5.11 Å². The molecule has 0 bridgehead atoms. The summed E-state index contributed by atoms with van der Waals surface area (Å²) in [7, 11) is 0. The van der Waals surface area contributed by atoms with E-state index in [1.54, 1.807) is 0 Å². The molecule has 58 heavy (non-hydrogen) atoms. The van der Waals surface area contributed by atoms with Crippen LogP contribution in [0, 0.1) is 0 Å². The number of aliphatic hydroxyl groups is 1. The average molecular weight is 964 g/mol. The van der Waals surface area contributed by atoms with Gasteiger partial charge in [0.25, 0.3) is 0 Å². The van der Waals surface area contributed by atoms with Crippen LogP contribution in [-0.2, 0) is 4.74 Å². The Balaban J connectivity index is 7.49. The highest BCUT2D eigenvalue weighted by Crippen LogP contribution is 2.67. The minimum atomic E-state index is -9.89. The molecule has 0 aliphatic carbocycles. The van der Waals surface area contributed by atoms with Gasteiger partial charge in [0, 0.05) is 0 Å². The van der Waals surface area contributed by atoms with E-state index in [0.717, 1.165) is 0 Å². The maximum absolute atomic E-state index is 13.8. The van der Waals surface area contributed by atoms with Gasteiger partial charge >= 0.3 is 107 Å². The molecule has 0 spiro atoms. The van der Waals surface area contributed by atoms with Crippen LogP contribution in [0.4, 0.5) is 162 Å². The highest BCUT2D eigenvalue weighted by atomic mass is 19.4. The predicted octanol–water partition coefficient (Wildman–Crippen LogP) is 11.7. The fourth-order valence-corrected chi connectivity index (χ4v) is 3.01. The normalized spacial score (nSPS) is 18.2. The summed E-state index contributed by atoms with van der Waals surface area (Å²) in [5.74, 6) is -138. The van der Waals surface area contributed by atoms with E-state index in [0.29, 0.717) is 0 Å². The standard InChI is InChI=1S/C19HF37O2/c20-1(3(22,23)4(24,25)5(26,27)6(28,29)11(38,39)14(44,45)17(50,51)52)2(21)58-19(56,57)16(48,49)13(42,43)10(36,37)8(32,33)7(30,31)9(34,35)12(40,41)15(46,47)18(53,54)55/h57H. The molecule has 0 aliphatic rings. The summed E-state index contributed by atoms with van der Waals surface area (Å²) >= 11 is 0. The van der Waals surface area contributed by atoms with Crippen molar-refractivity contribution in [1.29, 1.82) is 0 Å². The average Bonchev–Trinajstić information content (AvgIpc) is 2.97. The third-order valence-corrected chi connectivity index (χ3v) is 6.50. The summed E-state index contributed by atoms with van der Waals surface area (Å²) in [6.45, 7) is 0. The number of ether oxygens (including phenoxy) is 1. The molecule has 1 N–H and O–H groups in total. The Labute approximate surface area is 287 Å². The molecule has 2 nitrogen and oxygen atoms in total. The molecule has 0 fully saturated rings. The molecule has 348 valence electrons. The summed E-state index contributed by atoms with van der Waals surface area (Å²) in [4.78, 5) is 0. The van der Waals surface area contributed by atoms with E-state index < -0.39 is 113 Å². The number of hydrogen-bond donors (Lipinski definition) is 1. The SMILES string of the molecule is OC(F)(OC(F)=C(F)C(F)(F)C(F)(F)C(F)(F)C(F)(F)C(F)(F)C(F)(F)C(F)(F)F)C(F)(F)C(F)(F)C(F)(F)C(F)(F)C(F)(F)C(F)(F)C(F)(F)C(F)(F)C(F)(F)F. The number of rotatable bonds is 16. The maximum Gasteiger partial charge on any atom is 0.460 e. The first-order valence-corrected chi connectivity index (χ1v) is 11.9. The third-order valence-electron chi connectivity index (χ3n) is 6.50. The fraction of sp³-hybridized carbons (Fsp3) is 0.895. The van der Waals surface area contributed by atoms with Crippen molar-refractivity contribution >= 4 is 0 Å². The van der Waals surface area contributed by atoms with Crippen LogP contribution in [0.2, 0.25) is 0 Å². The molecular weight excluding hydrogens is 963 g/mol. The number of allylic oxidation sites excluding steroid dienone is 1. The van der Waals surface area contributed by atoms with Crippen molar-refractivity contribution in [3.8, 4) is 0 Å². The molecule has 0 aromatic rings. The first-order chi connectivity index (χ1) is 24.3. The third kappa shape index (κ3) is 6.61. The van der Waals surface area contributed by atoms with Crippen molar-refractivity contribution in [2.75, 3.05) is 0 Å². The van der Waals surface area contributed by atoms with Crippen molar-refractivity contribution in [2.24, 2.45) is 0 Å². The lowest BCUT2D eigenvalue weighted by Gasteiger charge is -2.44. The topological polar surface area (TPSA) is 29.5 Å². The Bertz CT molecular complexity index is 1540. The van der Waals surface area contributed by atoms with E-state index in [2.05, 4.69) is 0 Å². The summed E-state index contributed by atoms with van der Waals surface area (Å²) in [6, 6.07) is -14.4. The highest BCUT2D eigenvalue weighted by Gasteiger charge is 2.99. The zero-order valence-corrected chi connectivity index (χ0v) is 24.3. The molecule has 0 radical (unpaired) electrons. The molecule has 1 unspecified atom stereocenters. The largest absolute Gasteiger partial charge is 0.460 e. The van der Waals surface area contributed by atoms with E-state index in [-0.39, 0.29) is 0 Å². The molecule has 39 heteroatoms. The fourth-order valence-electron chi connectivity index (χ4n) is 3.01. The molecular formula is C19HF37O2. The van der Waals surface area contributed by atoms with Crippen LogP contribution in [0.3, 0.4) is 0 Å². The molecule has 1 atom stereocenters. The molecule has 0 rings (SSSR count). The van der Waals surface area contributed by atoms with Crippen LogP contribution in [0.1, 0.15) is 0 Å². The van der Waals surface area contributed by atoms with Crippen molar-refractivity contribution < 1.29 is 172 Å². The van der Waals surface area contributed by atoms with Gasteiger partial charge in [-0.15, -0.1) is 0 Å². The quantitative estimate of drug-likeness (QED) is 0.0949. The van der Waals surface area contributed by atoms with Gasteiger partial charge in [-0.3, -0.25) is 0 Å². The van der Waals surface area contributed by atoms with Crippen molar-refractivity contribution in [3.63, 3.8) is 0 Å². The van der Waals surface area contributed by atoms with Gasteiger partial charge in [-0.25, -0.2) is 0 Å². The van der Waals surface area contributed by atoms with Crippen molar-refractivity contribution in [3.05, 3.63) is 11.8 Å². The molecule has 0 amide bonds. The van der Waals surface area contributed by atoms with Crippen LogP contribution >= 0.6 is 0 Å². The molecule has 0 saturated heterocycles. The number of halogens is 37. The Kier molecular flexibility index (Phi) is 12.7. The Morgan fingerprint density at radius 2 is 0.431 bits per heavy atom. The zero-order chi connectivity index (χ0) is 48.4. The van der Waals surface area contributed by atoms with Gasteiger partial charge in [-0.2, -0.15) is 162 Å². The second kappa shape index (κ2) is 13.5. The molecule has 0 saturated carbocycles. The second-order valence-electron chi connectivity index (χ2n) is 10.3. The minimum absolute atomic E-state index is 1.17. The van der Waals surface area contributed by atoms with Crippen LogP contribution in [0.25, 0.3) is 0 Å². The Morgan fingerprint density at radius 1 is 0.259 bits per heavy atom. The van der Waals surface area contributed by atoms with Crippen LogP contribution in [0.15, 0.2) is 11.8 Å². The van der Waals surface area contributed by atoms with Gasteiger partial charge in [-0.05, 0) is 0 Å². The van der Waals surface area contributed by atoms with E-state index in [1.807, 2.05) is 0 Å². The van der Waals surface area contributed by atoms with Gasteiger partial charge in [0.1, 0.15) is 0 Å². The van der Waals surface area contributed by atoms with E-state index in [9.17, 15) is 162 Å². The highest BCUT2D eigenvalue weighted by molar-refractivity contribution is 5.21. The smallest absolute Gasteiger partial charge is 0.403 e. The Morgan fingerprint density at radius 3 is 0.638 bits per heavy atom. The van der Waals surface area contributed by atoms with E-state index in [1.165, 1.54) is 4.74 Å². The summed E-state index contributed by atoms with van der Waals surface area (Å²) < 4.78 is 491. The van der Waals surface area contributed by atoms with Gasteiger partial charge < -0.3 is 9.84 Å². The van der Waals surface area contributed by atoms with Crippen LogP contribution in [-0.4, -0.2) is 106 Å². The molecule has 0 aliphatic heterocycles. The molecule has 0 heterocycles. The summed E-state index contributed by atoms with van der Waals surface area (Å²) in [5, 5.41) is 8.34. The monoisotopic (exact) mass is 964 g/mol. The van der Waals surface area contributed by atoms with Gasteiger partial charge in [0.2, 0.25) is 5.83 Å². The van der Waals surface area contributed by atoms with Crippen LogP contribution in [0.5, 0.6) is 0 Å². The number of hydrogen-bond acceptors (Lipinski definition) is 2. The predicted molar refractivity (Wildman–Crippen MR) is 97.8 cm³/mol. The van der Waals surface area contributed by atoms with Gasteiger partial charge in [-0.1, -0.05) is 0 Å². The van der Waals surface area contributed by atoms with Crippen molar-refractivity contribution in [2.45, 2.75) is 101 Å². The zero-order valence-electron chi connectivity index (χ0n) is 24.3. The lowest BCUT2D eigenvalue weighted by molar-refractivity contribution is -0.490. The minimum Gasteiger partial charge on any atom is -0.403 e. The lowest BCUT2D eigenvalue weighted by Crippen LogP contribution is -2.77. The maximum atomic E-state index is 13.8. The Hall–Kier alpha value is -3.09. The first-order valence-electron chi connectivity index (χ1n) is 11.9. The molecule has 0 aromatic carbocycles. The summed E-state index contributed by atoms with van der Waals surface area (Å²) in [5.41, 5.74) is 0. The first kappa shape index (κ1) is 54.9. The van der Waals surface area contributed by atoms with Gasteiger partial charge in [0.05, 0.1) is 0 Å². The summed E-state index contributed by atoms with van der Waals surface area (Å²) in [6.07, 6.45) is -16.7. The second-order valence-corrected chi connectivity index (χ2v) is 10.3. The number of alkyl halides is 35.